The molecule has 4 nitrogen and oxygen atoms in total. The Hall–Kier alpha value is -2.85. The highest BCUT2D eigenvalue weighted by Crippen LogP contribution is 2.36. The van der Waals surface area contributed by atoms with Gasteiger partial charge in [0.2, 0.25) is 0 Å². The number of anilines is 1. The Morgan fingerprint density at radius 1 is 0.968 bits per heavy atom. The number of hydrogen-bond donors (Lipinski definition) is 2. The third-order valence-corrected chi connectivity index (χ3v) is 6.58. The van der Waals surface area contributed by atoms with Gasteiger partial charge in [0.1, 0.15) is 5.65 Å². The van der Waals surface area contributed by atoms with Crippen LogP contribution in [0.4, 0.5) is 5.69 Å². The van der Waals surface area contributed by atoms with Gasteiger partial charge in [-0.1, -0.05) is 48.7 Å². The number of benzene rings is 2. The molecule has 5 rings (SSSR count). The van der Waals surface area contributed by atoms with E-state index in [1.54, 1.807) is 0 Å². The molecule has 0 atom stereocenters. The number of para-hydroxylation sites is 1. The average molecular weight is 413 g/mol. The zero-order valence-corrected chi connectivity index (χ0v) is 18.8. The summed E-state index contributed by atoms with van der Waals surface area (Å²) in [7, 11) is 0. The molecule has 0 radical (unpaired) electrons. The minimum absolute atomic E-state index is 0.701. The van der Waals surface area contributed by atoms with E-state index in [2.05, 4.69) is 84.5 Å². The summed E-state index contributed by atoms with van der Waals surface area (Å²) < 4.78 is 2.33. The van der Waals surface area contributed by atoms with Crippen molar-refractivity contribution in [2.75, 3.05) is 18.4 Å². The number of aromatic nitrogens is 2. The summed E-state index contributed by atoms with van der Waals surface area (Å²) in [6, 6.07) is 18.2. The molecule has 1 aliphatic carbocycles. The third kappa shape index (κ3) is 3.81. The maximum absolute atomic E-state index is 5.01. The molecule has 0 saturated heterocycles. The first kappa shape index (κ1) is 20.1. The molecular formula is C27H32N4. The van der Waals surface area contributed by atoms with Crippen LogP contribution in [0.25, 0.3) is 27.6 Å². The van der Waals surface area contributed by atoms with Crippen LogP contribution in [0.3, 0.4) is 0 Å². The summed E-state index contributed by atoms with van der Waals surface area (Å²) in [6.45, 7) is 8.33. The van der Waals surface area contributed by atoms with E-state index >= 15 is 0 Å². The lowest BCUT2D eigenvalue weighted by Crippen LogP contribution is -2.30. The molecule has 4 aromatic rings. The van der Waals surface area contributed by atoms with E-state index in [1.165, 1.54) is 64.5 Å². The fourth-order valence-electron chi connectivity index (χ4n) is 5.12. The first-order valence-electron chi connectivity index (χ1n) is 11.6. The van der Waals surface area contributed by atoms with Crippen molar-refractivity contribution in [1.29, 1.82) is 0 Å². The molecule has 0 spiro atoms. The fraction of sp³-hybridized carbons (Fsp3) is 0.370. The Balaban J connectivity index is 1.58. The van der Waals surface area contributed by atoms with E-state index < -0.39 is 0 Å². The van der Waals surface area contributed by atoms with Gasteiger partial charge in [-0.15, -0.1) is 0 Å². The predicted molar refractivity (Wildman–Crippen MR) is 132 cm³/mol. The number of fused-ring (bicyclic) bond motifs is 3. The summed E-state index contributed by atoms with van der Waals surface area (Å²) in [5, 5.41) is 9.89. The summed E-state index contributed by atoms with van der Waals surface area (Å²) >= 11 is 0. The Morgan fingerprint density at radius 3 is 2.58 bits per heavy atom. The molecule has 2 N–H and O–H groups in total. The van der Waals surface area contributed by atoms with E-state index in [4.69, 9.17) is 4.98 Å². The maximum Gasteiger partial charge on any atom is 0.147 e. The van der Waals surface area contributed by atoms with Crippen LogP contribution in [0.5, 0.6) is 0 Å². The van der Waals surface area contributed by atoms with Gasteiger partial charge in [0.15, 0.2) is 0 Å². The highest BCUT2D eigenvalue weighted by molar-refractivity contribution is 6.13. The van der Waals surface area contributed by atoms with Gasteiger partial charge in [0, 0.05) is 35.9 Å². The number of hydrogen-bond acceptors (Lipinski definition) is 3. The van der Waals surface area contributed by atoms with Gasteiger partial charge in [-0.3, -0.25) is 4.57 Å². The van der Waals surface area contributed by atoms with E-state index in [9.17, 15) is 0 Å². The molecular weight excluding hydrogens is 380 g/mol. The molecule has 0 amide bonds. The van der Waals surface area contributed by atoms with Crippen LogP contribution in [-0.4, -0.2) is 28.7 Å². The monoisotopic (exact) mass is 412 g/mol. The van der Waals surface area contributed by atoms with Crippen LogP contribution in [0, 0.1) is 20.8 Å². The molecule has 2 heterocycles. The lowest BCUT2D eigenvalue weighted by atomic mass is 10.1. The normalized spacial score (nSPS) is 14.7. The molecule has 31 heavy (non-hydrogen) atoms. The van der Waals surface area contributed by atoms with E-state index in [0.717, 1.165) is 24.4 Å². The largest absolute Gasteiger partial charge is 0.383 e. The van der Waals surface area contributed by atoms with Crippen LogP contribution in [-0.2, 0) is 0 Å². The topological polar surface area (TPSA) is 41.9 Å². The van der Waals surface area contributed by atoms with Gasteiger partial charge in [0.25, 0.3) is 0 Å². The molecule has 2 aromatic heterocycles. The third-order valence-electron chi connectivity index (χ3n) is 6.58. The smallest absolute Gasteiger partial charge is 0.147 e. The zero-order valence-electron chi connectivity index (χ0n) is 18.8. The molecule has 0 bridgehead atoms. The predicted octanol–water partition coefficient (Wildman–Crippen LogP) is 6.05. The van der Waals surface area contributed by atoms with E-state index in [0.29, 0.717) is 6.04 Å². The summed E-state index contributed by atoms with van der Waals surface area (Å²) in [5.74, 6) is 0. The Morgan fingerprint density at radius 2 is 1.77 bits per heavy atom. The van der Waals surface area contributed by atoms with Crippen LogP contribution < -0.4 is 10.6 Å². The number of aryl methyl sites for hydroxylation is 3. The second-order valence-electron chi connectivity index (χ2n) is 9.01. The van der Waals surface area contributed by atoms with Crippen molar-refractivity contribution < 1.29 is 0 Å². The average Bonchev–Trinajstić information content (AvgIpc) is 3.37. The number of rotatable bonds is 6. The number of pyridine rings is 1. The zero-order chi connectivity index (χ0) is 21.4. The SMILES string of the molecule is Cc1ccc(-n2c3ccccc3c3c(NCCNC4CCCC4)cc(C)nc32)c(C)c1. The Bertz CT molecular complexity index is 1230. The first-order chi connectivity index (χ1) is 15.1. The van der Waals surface area contributed by atoms with Crippen molar-refractivity contribution in [3.8, 4) is 5.69 Å². The van der Waals surface area contributed by atoms with Gasteiger partial charge in [0.05, 0.1) is 16.6 Å². The van der Waals surface area contributed by atoms with Crippen molar-refractivity contribution >= 4 is 27.6 Å². The van der Waals surface area contributed by atoms with Crippen LogP contribution in [0.1, 0.15) is 42.5 Å². The van der Waals surface area contributed by atoms with E-state index in [1.807, 2.05) is 0 Å². The number of nitrogens with one attached hydrogen (secondary N) is 2. The van der Waals surface area contributed by atoms with Gasteiger partial charge in [-0.05, 0) is 57.4 Å². The molecule has 4 heteroatoms. The highest BCUT2D eigenvalue weighted by atomic mass is 15.1. The molecule has 1 saturated carbocycles. The molecule has 1 aliphatic rings. The lowest BCUT2D eigenvalue weighted by molar-refractivity contribution is 0.536. The van der Waals surface area contributed by atoms with Crippen LogP contribution in [0.2, 0.25) is 0 Å². The van der Waals surface area contributed by atoms with Crippen LogP contribution in [0.15, 0.2) is 48.5 Å². The lowest BCUT2D eigenvalue weighted by Gasteiger charge is -2.14. The van der Waals surface area contributed by atoms with Gasteiger partial charge in [-0.2, -0.15) is 0 Å². The minimum atomic E-state index is 0.701. The van der Waals surface area contributed by atoms with Crippen molar-refractivity contribution in [2.45, 2.75) is 52.5 Å². The molecule has 0 aliphatic heterocycles. The van der Waals surface area contributed by atoms with Gasteiger partial charge >= 0.3 is 0 Å². The van der Waals surface area contributed by atoms with Crippen molar-refractivity contribution in [1.82, 2.24) is 14.9 Å². The van der Waals surface area contributed by atoms with Crippen molar-refractivity contribution in [2.24, 2.45) is 0 Å². The Kier molecular flexibility index (Phi) is 5.41. The van der Waals surface area contributed by atoms with Crippen molar-refractivity contribution in [3.63, 3.8) is 0 Å². The van der Waals surface area contributed by atoms with E-state index in [-0.39, 0.29) is 0 Å². The minimum Gasteiger partial charge on any atom is -0.383 e. The summed E-state index contributed by atoms with van der Waals surface area (Å²) in [6.07, 6.45) is 5.38. The first-order valence-corrected chi connectivity index (χ1v) is 11.6. The quantitative estimate of drug-likeness (QED) is 0.379. The van der Waals surface area contributed by atoms with Crippen molar-refractivity contribution in [3.05, 3.63) is 65.4 Å². The molecule has 160 valence electrons. The molecule has 0 unspecified atom stereocenters. The Labute approximate surface area is 184 Å². The summed E-state index contributed by atoms with van der Waals surface area (Å²) in [5.41, 5.74) is 8.19. The molecule has 2 aromatic carbocycles. The second-order valence-corrected chi connectivity index (χ2v) is 9.01. The fourth-order valence-corrected chi connectivity index (χ4v) is 5.12. The van der Waals surface area contributed by atoms with Gasteiger partial charge < -0.3 is 10.6 Å². The van der Waals surface area contributed by atoms with Crippen LogP contribution >= 0.6 is 0 Å². The van der Waals surface area contributed by atoms with Gasteiger partial charge in [-0.25, -0.2) is 4.98 Å². The standard InChI is InChI=1S/C27H32N4/c1-18-12-13-24(19(2)16-18)31-25-11-7-6-10-22(25)26-23(17-20(3)30-27(26)31)29-15-14-28-21-8-4-5-9-21/h6-7,10-13,16-17,21,28H,4-5,8-9,14-15H2,1-3H3,(H,29,30). The summed E-state index contributed by atoms with van der Waals surface area (Å²) in [4.78, 5) is 5.01. The maximum atomic E-state index is 5.01. The second kappa shape index (κ2) is 8.35. The highest BCUT2D eigenvalue weighted by Gasteiger charge is 2.18. The molecule has 1 fully saturated rings. The number of nitrogens with zero attached hydrogens (tertiary/aromatic N) is 2.